The minimum atomic E-state index is 0.825. The van der Waals surface area contributed by atoms with E-state index in [0.29, 0.717) is 0 Å². The second kappa shape index (κ2) is 5.88. The van der Waals surface area contributed by atoms with Gasteiger partial charge in [-0.05, 0) is 59.2 Å². The number of anilines is 1. The van der Waals surface area contributed by atoms with Crippen molar-refractivity contribution in [3.63, 3.8) is 0 Å². The fourth-order valence-electron chi connectivity index (χ4n) is 2.47. The third kappa shape index (κ3) is 3.16. The molecule has 0 saturated carbocycles. The molecule has 0 aliphatic carbocycles. The molecule has 0 aliphatic rings. The lowest BCUT2D eigenvalue weighted by molar-refractivity contribution is 0.415. The summed E-state index contributed by atoms with van der Waals surface area (Å²) in [5.74, 6) is 0.896. The summed E-state index contributed by atoms with van der Waals surface area (Å²) in [6.45, 7) is 2.93. The third-order valence-electron chi connectivity index (χ3n) is 3.63. The minimum absolute atomic E-state index is 0.825. The molecular formula is C19H19NO. The molecule has 3 aromatic carbocycles. The van der Waals surface area contributed by atoms with Crippen LogP contribution in [0.3, 0.4) is 0 Å². The van der Waals surface area contributed by atoms with E-state index in [9.17, 15) is 0 Å². The van der Waals surface area contributed by atoms with Crippen molar-refractivity contribution in [2.75, 3.05) is 12.4 Å². The second-order valence-electron chi connectivity index (χ2n) is 5.27. The maximum atomic E-state index is 5.26. The van der Waals surface area contributed by atoms with E-state index < -0.39 is 0 Å². The van der Waals surface area contributed by atoms with Gasteiger partial charge >= 0.3 is 0 Å². The molecule has 3 rings (SSSR count). The van der Waals surface area contributed by atoms with Crippen molar-refractivity contribution in [3.05, 3.63) is 71.8 Å². The molecule has 106 valence electrons. The van der Waals surface area contributed by atoms with Gasteiger partial charge in [-0.15, -0.1) is 0 Å². The van der Waals surface area contributed by atoms with E-state index in [1.54, 1.807) is 7.11 Å². The van der Waals surface area contributed by atoms with E-state index in [1.807, 2.05) is 6.07 Å². The van der Waals surface area contributed by atoms with Crippen molar-refractivity contribution in [3.8, 4) is 5.75 Å². The summed E-state index contributed by atoms with van der Waals surface area (Å²) in [5.41, 5.74) is 3.70. The number of fused-ring (bicyclic) bond motifs is 1. The zero-order valence-electron chi connectivity index (χ0n) is 12.4. The fourth-order valence-corrected chi connectivity index (χ4v) is 2.47. The number of rotatable bonds is 4. The largest absolute Gasteiger partial charge is 0.497 e. The molecule has 0 amide bonds. The molecule has 2 heteroatoms. The van der Waals surface area contributed by atoms with Gasteiger partial charge in [-0.1, -0.05) is 30.3 Å². The summed E-state index contributed by atoms with van der Waals surface area (Å²) in [7, 11) is 1.70. The first-order valence-corrected chi connectivity index (χ1v) is 7.12. The van der Waals surface area contributed by atoms with Crippen LogP contribution in [0.1, 0.15) is 11.1 Å². The average Bonchev–Trinajstić information content (AvgIpc) is 2.52. The maximum absolute atomic E-state index is 5.26. The topological polar surface area (TPSA) is 21.3 Å². The van der Waals surface area contributed by atoms with Gasteiger partial charge in [0.2, 0.25) is 0 Å². The predicted octanol–water partition coefficient (Wildman–Crippen LogP) is 4.77. The van der Waals surface area contributed by atoms with Crippen LogP contribution < -0.4 is 10.1 Å². The monoisotopic (exact) mass is 277 g/mol. The zero-order chi connectivity index (χ0) is 14.7. The third-order valence-corrected chi connectivity index (χ3v) is 3.63. The van der Waals surface area contributed by atoms with E-state index in [2.05, 4.69) is 66.8 Å². The van der Waals surface area contributed by atoms with Gasteiger partial charge < -0.3 is 10.1 Å². The first-order valence-electron chi connectivity index (χ1n) is 7.12. The van der Waals surface area contributed by atoms with Crippen LogP contribution in [0, 0.1) is 6.92 Å². The van der Waals surface area contributed by atoms with Crippen LogP contribution in [0.2, 0.25) is 0 Å². The number of hydrogen-bond donors (Lipinski definition) is 1. The van der Waals surface area contributed by atoms with Gasteiger partial charge in [-0.2, -0.15) is 0 Å². The molecule has 0 atom stereocenters. The molecule has 0 unspecified atom stereocenters. The first-order chi connectivity index (χ1) is 10.2. The number of methoxy groups -OCH3 is 1. The summed E-state index contributed by atoms with van der Waals surface area (Å²) in [4.78, 5) is 0. The van der Waals surface area contributed by atoms with Gasteiger partial charge in [0.1, 0.15) is 5.75 Å². The lowest BCUT2D eigenvalue weighted by atomic mass is 10.1. The van der Waals surface area contributed by atoms with E-state index in [4.69, 9.17) is 4.74 Å². The van der Waals surface area contributed by atoms with Crippen LogP contribution in [0.4, 0.5) is 5.69 Å². The lowest BCUT2D eigenvalue weighted by Gasteiger charge is -2.09. The molecule has 3 aromatic rings. The van der Waals surface area contributed by atoms with Crippen molar-refractivity contribution >= 4 is 16.5 Å². The number of nitrogens with one attached hydrogen (secondary N) is 1. The van der Waals surface area contributed by atoms with Gasteiger partial charge in [-0.25, -0.2) is 0 Å². The van der Waals surface area contributed by atoms with E-state index in [0.717, 1.165) is 18.0 Å². The van der Waals surface area contributed by atoms with Crippen molar-refractivity contribution in [1.82, 2.24) is 0 Å². The summed E-state index contributed by atoms with van der Waals surface area (Å²) in [6.07, 6.45) is 0. The highest BCUT2D eigenvalue weighted by atomic mass is 16.5. The Kier molecular flexibility index (Phi) is 3.78. The molecule has 0 fully saturated rings. The molecule has 2 nitrogen and oxygen atoms in total. The molecule has 21 heavy (non-hydrogen) atoms. The molecule has 0 aromatic heterocycles. The molecule has 0 heterocycles. The van der Waals surface area contributed by atoms with Crippen molar-refractivity contribution in [2.24, 2.45) is 0 Å². The molecule has 0 radical (unpaired) electrons. The normalized spacial score (nSPS) is 10.6. The standard InChI is InChI=1S/C19H19NO/c1-14-4-3-5-18(10-14)20-13-15-6-7-17-12-19(21-2)9-8-16(17)11-15/h3-12,20H,13H2,1-2H3. The van der Waals surface area contributed by atoms with Crippen LogP contribution in [0.15, 0.2) is 60.7 Å². The SMILES string of the molecule is COc1ccc2cc(CNc3cccc(C)c3)ccc2c1. The van der Waals surface area contributed by atoms with Crippen LogP contribution in [-0.4, -0.2) is 7.11 Å². The van der Waals surface area contributed by atoms with Crippen LogP contribution >= 0.6 is 0 Å². The Morgan fingerprint density at radius 1 is 0.905 bits per heavy atom. The highest BCUT2D eigenvalue weighted by molar-refractivity contribution is 5.84. The van der Waals surface area contributed by atoms with Gasteiger partial charge in [0.05, 0.1) is 7.11 Å². The van der Waals surface area contributed by atoms with E-state index in [1.165, 1.54) is 21.9 Å². The van der Waals surface area contributed by atoms with Gasteiger partial charge in [-0.3, -0.25) is 0 Å². The highest BCUT2D eigenvalue weighted by Gasteiger charge is 1.99. The zero-order valence-corrected chi connectivity index (χ0v) is 12.4. The maximum Gasteiger partial charge on any atom is 0.119 e. The molecule has 1 N–H and O–H groups in total. The molecule has 0 aliphatic heterocycles. The van der Waals surface area contributed by atoms with Crippen LogP contribution in [0.5, 0.6) is 5.75 Å². The van der Waals surface area contributed by atoms with Crippen molar-refractivity contribution in [1.29, 1.82) is 0 Å². The van der Waals surface area contributed by atoms with Gasteiger partial charge in [0.25, 0.3) is 0 Å². The number of ether oxygens (including phenoxy) is 1. The van der Waals surface area contributed by atoms with Gasteiger partial charge in [0, 0.05) is 12.2 Å². The molecule has 0 spiro atoms. The summed E-state index contributed by atoms with van der Waals surface area (Å²) in [6, 6.07) is 21.1. The Bertz CT molecular complexity index is 764. The predicted molar refractivity (Wildman–Crippen MR) is 89.0 cm³/mol. The molecule has 0 bridgehead atoms. The second-order valence-corrected chi connectivity index (χ2v) is 5.27. The number of aryl methyl sites for hydroxylation is 1. The first kappa shape index (κ1) is 13.5. The van der Waals surface area contributed by atoms with Crippen LogP contribution in [-0.2, 0) is 6.54 Å². The lowest BCUT2D eigenvalue weighted by Crippen LogP contribution is -1.99. The molecular weight excluding hydrogens is 258 g/mol. The summed E-state index contributed by atoms with van der Waals surface area (Å²) < 4.78 is 5.26. The van der Waals surface area contributed by atoms with Gasteiger partial charge in [0.15, 0.2) is 0 Å². The highest BCUT2D eigenvalue weighted by Crippen LogP contribution is 2.22. The Morgan fingerprint density at radius 3 is 2.52 bits per heavy atom. The fraction of sp³-hybridized carbons (Fsp3) is 0.158. The van der Waals surface area contributed by atoms with Crippen LogP contribution in [0.25, 0.3) is 10.8 Å². The van der Waals surface area contributed by atoms with E-state index >= 15 is 0 Å². The Balaban J connectivity index is 1.78. The smallest absolute Gasteiger partial charge is 0.119 e. The van der Waals surface area contributed by atoms with E-state index in [-0.39, 0.29) is 0 Å². The Hall–Kier alpha value is -2.48. The summed E-state index contributed by atoms with van der Waals surface area (Å²) >= 11 is 0. The molecule has 0 saturated heterocycles. The average molecular weight is 277 g/mol. The minimum Gasteiger partial charge on any atom is -0.497 e. The Labute approximate surface area is 125 Å². The van der Waals surface area contributed by atoms with Crippen molar-refractivity contribution in [2.45, 2.75) is 13.5 Å². The van der Waals surface area contributed by atoms with Crippen molar-refractivity contribution < 1.29 is 4.74 Å². The number of hydrogen-bond acceptors (Lipinski definition) is 2. The Morgan fingerprint density at radius 2 is 1.71 bits per heavy atom. The summed E-state index contributed by atoms with van der Waals surface area (Å²) in [5, 5.41) is 5.90. The quantitative estimate of drug-likeness (QED) is 0.741. The number of benzene rings is 3.